The molecule has 0 radical (unpaired) electrons. The minimum absolute atomic E-state index is 0.206. The second-order valence-corrected chi connectivity index (χ2v) is 7.48. The van der Waals surface area contributed by atoms with E-state index in [4.69, 9.17) is 5.84 Å². The SMILES string of the molecule is CC1(C)CCC(C(Cc2cccc(F)c2Br)NN)CC1. The second kappa shape index (κ2) is 6.54. The van der Waals surface area contributed by atoms with Crippen LogP contribution in [0.5, 0.6) is 0 Å². The van der Waals surface area contributed by atoms with Gasteiger partial charge in [-0.1, -0.05) is 26.0 Å². The molecule has 0 aromatic heterocycles. The highest BCUT2D eigenvalue weighted by molar-refractivity contribution is 9.10. The Kier molecular flexibility index (Phi) is 5.21. The second-order valence-electron chi connectivity index (χ2n) is 6.69. The third-order valence-electron chi connectivity index (χ3n) is 4.64. The summed E-state index contributed by atoms with van der Waals surface area (Å²) in [6.45, 7) is 4.66. The van der Waals surface area contributed by atoms with Crippen LogP contribution in [0.3, 0.4) is 0 Å². The van der Waals surface area contributed by atoms with E-state index in [2.05, 4.69) is 35.2 Å². The first-order chi connectivity index (χ1) is 9.43. The van der Waals surface area contributed by atoms with E-state index in [1.54, 1.807) is 6.07 Å². The molecule has 0 bridgehead atoms. The van der Waals surface area contributed by atoms with E-state index in [0.29, 0.717) is 15.8 Å². The topological polar surface area (TPSA) is 38.0 Å². The molecule has 1 saturated carbocycles. The van der Waals surface area contributed by atoms with Gasteiger partial charge in [0.15, 0.2) is 0 Å². The first-order valence-corrected chi connectivity index (χ1v) is 8.11. The Labute approximate surface area is 129 Å². The minimum atomic E-state index is -0.206. The van der Waals surface area contributed by atoms with Crippen molar-refractivity contribution < 1.29 is 4.39 Å². The van der Waals surface area contributed by atoms with Crippen LogP contribution >= 0.6 is 15.9 Å². The van der Waals surface area contributed by atoms with E-state index in [0.717, 1.165) is 12.0 Å². The number of hydrazine groups is 1. The van der Waals surface area contributed by atoms with Crippen LogP contribution in [0.1, 0.15) is 45.1 Å². The van der Waals surface area contributed by atoms with Gasteiger partial charge >= 0.3 is 0 Å². The van der Waals surface area contributed by atoms with E-state index in [-0.39, 0.29) is 11.9 Å². The number of benzene rings is 1. The minimum Gasteiger partial charge on any atom is -0.271 e. The number of nitrogens with one attached hydrogen (secondary N) is 1. The quantitative estimate of drug-likeness (QED) is 0.636. The van der Waals surface area contributed by atoms with Crippen molar-refractivity contribution in [2.45, 2.75) is 52.0 Å². The summed E-state index contributed by atoms with van der Waals surface area (Å²) in [5.74, 6) is 6.12. The number of halogens is 2. The maximum absolute atomic E-state index is 13.6. The molecule has 0 saturated heterocycles. The lowest BCUT2D eigenvalue weighted by Crippen LogP contribution is -2.44. The predicted octanol–water partition coefficient (Wildman–Crippen LogP) is 4.18. The van der Waals surface area contributed by atoms with Gasteiger partial charge in [0.25, 0.3) is 0 Å². The monoisotopic (exact) mass is 342 g/mol. The molecule has 0 aliphatic heterocycles. The molecule has 0 amide bonds. The normalized spacial score (nSPS) is 20.9. The van der Waals surface area contributed by atoms with Crippen molar-refractivity contribution in [1.82, 2.24) is 5.43 Å². The average Bonchev–Trinajstić information content (AvgIpc) is 2.41. The molecule has 112 valence electrons. The van der Waals surface area contributed by atoms with Crippen LogP contribution in [0.2, 0.25) is 0 Å². The Balaban J connectivity index is 2.04. The molecule has 0 heterocycles. The van der Waals surface area contributed by atoms with Crippen LogP contribution in [0.25, 0.3) is 0 Å². The van der Waals surface area contributed by atoms with Crippen LogP contribution in [0.4, 0.5) is 4.39 Å². The molecule has 1 unspecified atom stereocenters. The largest absolute Gasteiger partial charge is 0.271 e. The summed E-state index contributed by atoms with van der Waals surface area (Å²) < 4.78 is 14.1. The standard InChI is InChI=1S/C16H24BrFN2/c1-16(2)8-6-11(7-9-16)14(20-19)10-12-4-3-5-13(18)15(12)17/h3-5,11,14,20H,6-10,19H2,1-2H3. The van der Waals surface area contributed by atoms with Gasteiger partial charge in [0.05, 0.1) is 4.47 Å². The van der Waals surface area contributed by atoms with Crippen molar-refractivity contribution in [2.24, 2.45) is 17.2 Å². The molecule has 1 atom stereocenters. The van der Waals surface area contributed by atoms with Gasteiger partial charge in [-0.05, 0) is 71.0 Å². The van der Waals surface area contributed by atoms with Crippen molar-refractivity contribution in [1.29, 1.82) is 0 Å². The summed E-state index contributed by atoms with van der Waals surface area (Å²) in [6, 6.07) is 5.41. The maximum atomic E-state index is 13.6. The lowest BCUT2D eigenvalue weighted by Gasteiger charge is -2.38. The number of rotatable bonds is 4. The molecule has 1 fully saturated rings. The smallest absolute Gasteiger partial charge is 0.137 e. The highest BCUT2D eigenvalue weighted by Crippen LogP contribution is 2.39. The summed E-state index contributed by atoms with van der Waals surface area (Å²) >= 11 is 3.34. The lowest BCUT2D eigenvalue weighted by molar-refractivity contribution is 0.161. The number of hydrogen-bond donors (Lipinski definition) is 2. The van der Waals surface area contributed by atoms with E-state index < -0.39 is 0 Å². The summed E-state index contributed by atoms with van der Waals surface area (Å²) in [4.78, 5) is 0. The van der Waals surface area contributed by atoms with Crippen molar-refractivity contribution in [3.63, 3.8) is 0 Å². The first-order valence-electron chi connectivity index (χ1n) is 7.32. The van der Waals surface area contributed by atoms with Gasteiger partial charge < -0.3 is 0 Å². The highest BCUT2D eigenvalue weighted by atomic mass is 79.9. The van der Waals surface area contributed by atoms with E-state index in [1.807, 2.05) is 6.07 Å². The summed E-state index contributed by atoms with van der Waals surface area (Å²) in [7, 11) is 0. The summed E-state index contributed by atoms with van der Waals surface area (Å²) in [6.07, 6.45) is 5.61. The molecule has 1 aliphatic rings. The van der Waals surface area contributed by atoms with E-state index in [9.17, 15) is 4.39 Å². The zero-order valence-electron chi connectivity index (χ0n) is 12.3. The van der Waals surface area contributed by atoms with Crippen LogP contribution < -0.4 is 11.3 Å². The molecule has 2 rings (SSSR count). The van der Waals surface area contributed by atoms with Crippen molar-refractivity contribution in [3.05, 3.63) is 34.1 Å². The van der Waals surface area contributed by atoms with Gasteiger partial charge in [-0.25, -0.2) is 4.39 Å². The molecule has 1 aromatic carbocycles. The third-order valence-corrected chi connectivity index (χ3v) is 5.53. The van der Waals surface area contributed by atoms with Crippen molar-refractivity contribution in [2.75, 3.05) is 0 Å². The first kappa shape index (κ1) is 15.9. The van der Waals surface area contributed by atoms with Gasteiger partial charge in [0, 0.05) is 6.04 Å². The highest BCUT2D eigenvalue weighted by Gasteiger charge is 2.31. The molecular weight excluding hydrogens is 319 g/mol. The molecule has 20 heavy (non-hydrogen) atoms. The van der Waals surface area contributed by atoms with Crippen LogP contribution in [0, 0.1) is 17.2 Å². The molecule has 2 nitrogen and oxygen atoms in total. The van der Waals surface area contributed by atoms with Gasteiger partial charge in [-0.2, -0.15) is 0 Å². The predicted molar refractivity (Wildman–Crippen MR) is 84.7 cm³/mol. The maximum Gasteiger partial charge on any atom is 0.137 e. The molecule has 1 aliphatic carbocycles. The van der Waals surface area contributed by atoms with E-state index in [1.165, 1.54) is 31.7 Å². The zero-order valence-corrected chi connectivity index (χ0v) is 13.8. The van der Waals surface area contributed by atoms with Crippen molar-refractivity contribution in [3.8, 4) is 0 Å². The summed E-state index contributed by atoms with van der Waals surface area (Å²) in [5, 5.41) is 0. The molecule has 1 aromatic rings. The number of nitrogens with two attached hydrogens (primary N) is 1. The van der Waals surface area contributed by atoms with Gasteiger partial charge in [0.1, 0.15) is 5.82 Å². The fourth-order valence-electron chi connectivity index (χ4n) is 3.13. The lowest BCUT2D eigenvalue weighted by atomic mass is 9.70. The van der Waals surface area contributed by atoms with Crippen molar-refractivity contribution >= 4 is 15.9 Å². The van der Waals surface area contributed by atoms with Crippen LogP contribution in [0.15, 0.2) is 22.7 Å². The Bertz CT molecular complexity index is 452. The Morgan fingerprint density at radius 2 is 2.05 bits per heavy atom. The molecule has 4 heteroatoms. The number of hydrogen-bond acceptors (Lipinski definition) is 2. The molecule has 3 N–H and O–H groups in total. The Morgan fingerprint density at radius 3 is 2.65 bits per heavy atom. The van der Waals surface area contributed by atoms with Gasteiger partial charge in [-0.3, -0.25) is 11.3 Å². The van der Waals surface area contributed by atoms with E-state index >= 15 is 0 Å². The fourth-order valence-corrected chi connectivity index (χ4v) is 3.55. The Hall–Kier alpha value is -0.450. The van der Waals surface area contributed by atoms with Crippen LogP contribution in [-0.4, -0.2) is 6.04 Å². The van der Waals surface area contributed by atoms with Gasteiger partial charge in [-0.15, -0.1) is 0 Å². The fraction of sp³-hybridized carbons (Fsp3) is 0.625. The average molecular weight is 343 g/mol. The molecule has 0 spiro atoms. The van der Waals surface area contributed by atoms with Gasteiger partial charge in [0.2, 0.25) is 0 Å². The zero-order chi connectivity index (χ0) is 14.8. The van der Waals surface area contributed by atoms with Crippen LogP contribution in [-0.2, 0) is 6.42 Å². The Morgan fingerprint density at radius 1 is 1.40 bits per heavy atom. The summed E-state index contributed by atoms with van der Waals surface area (Å²) in [5.41, 5.74) is 4.39. The third kappa shape index (κ3) is 3.80. The molecular formula is C16H24BrFN2.